The predicted molar refractivity (Wildman–Crippen MR) is 56.6 cm³/mol. The summed E-state index contributed by atoms with van der Waals surface area (Å²) in [5, 5.41) is 1.50. The third-order valence-corrected chi connectivity index (χ3v) is 2.92. The number of amides is 1. The zero-order valence-electron chi connectivity index (χ0n) is 9.20. The Morgan fingerprint density at radius 2 is 1.82 bits per heavy atom. The molecule has 0 aliphatic rings. The van der Waals surface area contributed by atoms with Gasteiger partial charge < -0.3 is 5.32 Å². The zero-order valence-corrected chi connectivity index (χ0v) is 10.8. The van der Waals surface area contributed by atoms with Gasteiger partial charge in [0, 0.05) is 0 Å². The van der Waals surface area contributed by atoms with Crippen molar-refractivity contribution < 1.29 is 27.2 Å². The van der Waals surface area contributed by atoms with E-state index in [1.807, 2.05) is 0 Å². The van der Waals surface area contributed by atoms with E-state index in [2.05, 4.69) is 15.9 Å². The quantitative estimate of drug-likeness (QED) is 0.602. The Kier molecular flexibility index (Phi) is 5.57. The number of rotatable bonds is 6. The average molecular weight is 322 g/mol. The summed E-state index contributed by atoms with van der Waals surface area (Å²) >= 11 is 2.82. The second-order valence-corrected chi connectivity index (χ2v) is 4.18. The normalized spacial score (nSPS) is 15.5. The van der Waals surface area contributed by atoms with Crippen LogP contribution in [0.4, 0.5) is 17.6 Å². The van der Waals surface area contributed by atoms with E-state index in [4.69, 9.17) is 0 Å². The van der Waals surface area contributed by atoms with Crippen molar-refractivity contribution in [3.8, 4) is 0 Å². The van der Waals surface area contributed by atoms with Gasteiger partial charge in [0.15, 0.2) is 5.78 Å². The van der Waals surface area contributed by atoms with Gasteiger partial charge in [0.1, 0.15) is 0 Å². The lowest BCUT2D eigenvalue weighted by molar-refractivity contribution is -0.171. The Bertz CT molecular complexity index is 311. The number of halogens is 5. The number of carbonyl (C=O) groups excluding carboxylic acids is 2. The molecule has 0 heterocycles. The van der Waals surface area contributed by atoms with Gasteiger partial charge in [-0.3, -0.25) is 9.59 Å². The second-order valence-electron chi connectivity index (χ2n) is 3.62. The largest absolute Gasteiger partial charge is 0.383 e. The third kappa shape index (κ3) is 3.65. The lowest BCUT2D eigenvalue weighted by Crippen LogP contribution is -2.58. The minimum absolute atomic E-state index is 0.0164. The summed E-state index contributed by atoms with van der Waals surface area (Å²) in [4.78, 5) is 22.4. The van der Waals surface area contributed by atoms with E-state index in [1.54, 1.807) is 5.32 Å². The molecule has 8 heteroatoms. The Balaban J connectivity index is 4.93. The molecule has 1 amide bonds. The van der Waals surface area contributed by atoms with Crippen LogP contribution in [0.15, 0.2) is 0 Å². The smallest absolute Gasteiger partial charge is 0.338 e. The molecule has 17 heavy (non-hydrogen) atoms. The molecular formula is C9H12BrF4NO2. The number of Topliss-reactive ketones (excluding diaryl/α,β-unsaturated/α-hetero) is 1. The molecule has 0 saturated carbocycles. The summed E-state index contributed by atoms with van der Waals surface area (Å²) in [5.41, 5.74) is -1.58. The maximum absolute atomic E-state index is 12.7. The van der Waals surface area contributed by atoms with E-state index in [1.165, 1.54) is 13.8 Å². The van der Waals surface area contributed by atoms with Gasteiger partial charge in [-0.1, -0.05) is 22.9 Å². The molecule has 0 saturated heterocycles. The van der Waals surface area contributed by atoms with Gasteiger partial charge in [0.25, 0.3) is 5.91 Å². The maximum atomic E-state index is 12.7. The molecule has 0 aromatic carbocycles. The van der Waals surface area contributed by atoms with Crippen LogP contribution in [-0.4, -0.2) is 34.9 Å². The highest BCUT2D eigenvalue weighted by Crippen LogP contribution is 2.24. The number of ketones is 1. The SMILES string of the molecule is CCC(C)(NC(=O)C(F)(F)C(F)F)C(=O)CBr. The molecule has 1 N–H and O–H groups in total. The van der Waals surface area contributed by atoms with Gasteiger partial charge in [0.2, 0.25) is 0 Å². The maximum Gasteiger partial charge on any atom is 0.383 e. The minimum Gasteiger partial charge on any atom is -0.338 e. The fourth-order valence-corrected chi connectivity index (χ4v) is 1.55. The molecule has 1 unspecified atom stereocenters. The first kappa shape index (κ1) is 16.3. The van der Waals surface area contributed by atoms with Crippen LogP contribution in [0.3, 0.4) is 0 Å². The third-order valence-electron chi connectivity index (χ3n) is 2.41. The highest BCUT2D eigenvalue weighted by molar-refractivity contribution is 9.09. The van der Waals surface area contributed by atoms with Gasteiger partial charge in [0.05, 0.1) is 10.9 Å². The number of hydrogen-bond donors (Lipinski definition) is 1. The molecule has 0 bridgehead atoms. The van der Waals surface area contributed by atoms with E-state index in [-0.39, 0.29) is 11.8 Å². The summed E-state index contributed by atoms with van der Waals surface area (Å²) in [6.45, 7) is 2.68. The molecule has 0 aromatic heterocycles. The van der Waals surface area contributed by atoms with Crippen molar-refractivity contribution in [2.75, 3.05) is 5.33 Å². The molecule has 1 atom stereocenters. The lowest BCUT2D eigenvalue weighted by atomic mass is 9.94. The standard InChI is InChI=1S/C9H12BrF4NO2/c1-3-8(2,5(16)4-10)15-7(17)9(13,14)6(11)12/h6H,3-4H2,1-2H3,(H,15,17). The van der Waals surface area contributed by atoms with Gasteiger partial charge >= 0.3 is 12.3 Å². The van der Waals surface area contributed by atoms with Crippen molar-refractivity contribution in [1.82, 2.24) is 5.32 Å². The van der Waals surface area contributed by atoms with Crippen LogP contribution in [0.2, 0.25) is 0 Å². The van der Waals surface area contributed by atoms with Crippen molar-refractivity contribution in [3.05, 3.63) is 0 Å². The summed E-state index contributed by atoms with van der Waals surface area (Å²) < 4.78 is 49.2. The number of alkyl halides is 5. The molecule has 0 spiro atoms. The van der Waals surface area contributed by atoms with Crippen molar-refractivity contribution in [3.63, 3.8) is 0 Å². The monoisotopic (exact) mass is 321 g/mol. The average Bonchev–Trinajstić information content (AvgIpc) is 2.27. The highest BCUT2D eigenvalue weighted by Gasteiger charge is 2.51. The molecule has 0 aliphatic heterocycles. The van der Waals surface area contributed by atoms with Crippen LogP contribution in [0, 0.1) is 0 Å². The van der Waals surface area contributed by atoms with Gasteiger partial charge in [-0.25, -0.2) is 8.78 Å². The molecule has 100 valence electrons. The van der Waals surface area contributed by atoms with Crippen LogP contribution in [0.5, 0.6) is 0 Å². The molecule has 0 radical (unpaired) electrons. The van der Waals surface area contributed by atoms with E-state index in [0.717, 1.165) is 0 Å². The first-order valence-corrected chi connectivity index (χ1v) is 5.81. The molecular weight excluding hydrogens is 310 g/mol. The van der Waals surface area contributed by atoms with Crippen LogP contribution in [0.25, 0.3) is 0 Å². The van der Waals surface area contributed by atoms with Crippen LogP contribution in [0.1, 0.15) is 20.3 Å². The van der Waals surface area contributed by atoms with Gasteiger partial charge in [-0.15, -0.1) is 0 Å². The van der Waals surface area contributed by atoms with Gasteiger partial charge in [-0.05, 0) is 13.3 Å². The van der Waals surface area contributed by atoms with Crippen molar-refractivity contribution in [2.45, 2.75) is 38.2 Å². The number of nitrogens with one attached hydrogen (secondary N) is 1. The van der Waals surface area contributed by atoms with Crippen LogP contribution >= 0.6 is 15.9 Å². The fourth-order valence-electron chi connectivity index (χ4n) is 0.936. The van der Waals surface area contributed by atoms with Crippen LogP contribution in [-0.2, 0) is 9.59 Å². The predicted octanol–water partition coefficient (Wildman–Crippen LogP) is 2.14. The highest BCUT2D eigenvalue weighted by atomic mass is 79.9. The Hall–Kier alpha value is -0.660. The first-order valence-electron chi connectivity index (χ1n) is 4.69. The summed E-state index contributed by atoms with van der Waals surface area (Å²) in [5.74, 6) is -7.52. The van der Waals surface area contributed by atoms with Crippen molar-refractivity contribution in [2.24, 2.45) is 0 Å². The Morgan fingerprint density at radius 3 is 2.12 bits per heavy atom. The van der Waals surface area contributed by atoms with E-state index in [9.17, 15) is 27.2 Å². The Morgan fingerprint density at radius 1 is 1.35 bits per heavy atom. The van der Waals surface area contributed by atoms with E-state index >= 15 is 0 Å². The zero-order chi connectivity index (χ0) is 13.9. The molecule has 3 nitrogen and oxygen atoms in total. The molecule has 0 rings (SSSR count). The topological polar surface area (TPSA) is 46.2 Å². The summed E-state index contributed by atoms with van der Waals surface area (Å²) in [7, 11) is 0. The lowest BCUT2D eigenvalue weighted by Gasteiger charge is -2.29. The minimum atomic E-state index is -4.80. The van der Waals surface area contributed by atoms with Crippen molar-refractivity contribution >= 4 is 27.6 Å². The van der Waals surface area contributed by atoms with Gasteiger partial charge in [-0.2, -0.15) is 8.78 Å². The molecule has 0 aliphatic carbocycles. The number of hydrogen-bond acceptors (Lipinski definition) is 2. The van der Waals surface area contributed by atoms with Crippen LogP contribution < -0.4 is 5.32 Å². The number of carbonyl (C=O) groups is 2. The molecule has 0 aromatic rings. The van der Waals surface area contributed by atoms with E-state index in [0.29, 0.717) is 0 Å². The van der Waals surface area contributed by atoms with Crippen molar-refractivity contribution in [1.29, 1.82) is 0 Å². The molecule has 0 fully saturated rings. The summed E-state index contributed by atoms with van der Waals surface area (Å²) in [6.07, 6.45) is -4.09. The Labute approximate surface area is 104 Å². The summed E-state index contributed by atoms with van der Waals surface area (Å²) in [6, 6.07) is 0. The first-order chi connectivity index (χ1) is 7.61. The van der Waals surface area contributed by atoms with E-state index < -0.39 is 29.6 Å². The fraction of sp³-hybridized carbons (Fsp3) is 0.778. The second kappa shape index (κ2) is 5.79.